The van der Waals surface area contributed by atoms with Crippen molar-refractivity contribution in [2.45, 2.75) is 13.3 Å². The number of nitrogens with zero attached hydrogens (tertiary/aromatic N) is 2. The van der Waals surface area contributed by atoms with Crippen LogP contribution in [0.15, 0.2) is 24.6 Å². The first-order chi connectivity index (χ1) is 6.29. The van der Waals surface area contributed by atoms with Gasteiger partial charge >= 0.3 is 0 Å². The van der Waals surface area contributed by atoms with Gasteiger partial charge in [-0.15, -0.1) is 0 Å². The zero-order valence-corrected chi connectivity index (χ0v) is 7.82. The van der Waals surface area contributed by atoms with Crippen LogP contribution in [0.3, 0.4) is 0 Å². The van der Waals surface area contributed by atoms with E-state index in [1.807, 2.05) is 30.9 Å². The Morgan fingerprint density at radius 3 is 2.92 bits per heavy atom. The Labute approximate surface area is 77.3 Å². The van der Waals surface area contributed by atoms with Gasteiger partial charge in [-0.05, 0) is 25.5 Å². The van der Waals surface area contributed by atoms with Gasteiger partial charge in [-0.3, -0.25) is 4.68 Å². The molecular weight excluding hydrogens is 164 g/mol. The summed E-state index contributed by atoms with van der Waals surface area (Å²) in [4.78, 5) is 0. The van der Waals surface area contributed by atoms with E-state index >= 15 is 0 Å². The van der Waals surface area contributed by atoms with E-state index in [-0.39, 0.29) is 0 Å². The molecule has 0 spiro atoms. The van der Waals surface area contributed by atoms with Gasteiger partial charge in [0.25, 0.3) is 0 Å². The Bertz CT molecular complexity index is 374. The number of hydrogen-bond donors (Lipinski definition) is 0. The molecule has 3 nitrogen and oxygen atoms in total. The van der Waals surface area contributed by atoms with Crippen LogP contribution in [0.1, 0.15) is 17.7 Å². The topological polar surface area (TPSA) is 27.1 Å². The average molecular weight is 176 g/mol. The van der Waals surface area contributed by atoms with Gasteiger partial charge in [0.2, 0.25) is 0 Å². The minimum absolute atomic E-state index is 0.910. The lowest BCUT2D eigenvalue weighted by molar-refractivity contribution is 0.427. The molecule has 3 heteroatoms. The van der Waals surface area contributed by atoms with E-state index in [1.54, 1.807) is 6.26 Å². The molecule has 0 aliphatic carbocycles. The molecule has 1 aliphatic rings. The van der Waals surface area contributed by atoms with Gasteiger partial charge in [-0.25, -0.2) is 0 Å². The number of aryl methyl sites for hydroxylation is 1. The zero-order chi connectivity index (χ0) is 9.26. The van der Waals surface area contributed by atoms with Crippen molar-refractivity contribution in [3.63, 3.8) is 0 Å². The second-order valence-electron chi connectivity index (χ2n) is 3.06. The Kier molecular flexibility index (Phi) is 1.93. The van der Waals surface area contributed by atoms with Crippen molar-refractivity contribution in [2.24, 2.45) is 7.05 Å². The third-order valence-corrected chi connectivity index (χ3v) is 2.23. The Morgan fingerprint density at radius 2 is 2.38 bits per heavy atom. The summed E-state index contributed by atoms with van der Waals surface area (Å²) in [5.74, 6) is 0.910. The van der Waals surface area contributed by atoms with Gasteiger partial charge in [0.05, 0.1) is 18.0 Å². The van der Waals surface area contributed by atoms with E-state index in [1.165, 1.54) is 0 Å². The number of rotatable bonds is 1. The van der Waals surface area contributed by atoms with Crippen LogP contribution in [-0.4, -0.2) is 9.78 Å². The minimum Gasteiger partial charge on any atom is -0.465 e. The van der Waals surface area contributed by atoms with Crippen LogP contribution in [0.25, 0.3) is 5.76 Å². The van der Waals surface area contributed by atoms with Crippen molar-refractivity contribution in [3.05, 3.63) is 35.9 Å². The smallest absolute Gasteiger partial charge is 0.133 e. The highest BCUT2D eigenvalue weighted by atomic mass is 16.5. The fourth-order valence-corrected chi connectivity index (χ4v) is 1.31. The Balaban J connectivity index is 2.35. The van der Waals surface area contributed by atoms with Gasteiger partial charge in [-0.2, -0.15) is 5.10 Å². The van der Waals surface area contributed by atoms with Crippen LogP contribution in [0.2, 0.25) is 0 Å². The SMILES string of the molecule is Cc1c(C2=CCC=CO2)cnn1C. The van der Waals surface area contributed by atoms with E-state index in [4.69, 9.17) is 4.74 Å². The molecule has 1 aromatic heterocycles. The first kappa shape index (κ1) is 8.10. The molecule has 0 radical (unpaired) electrons. The molecule has 0 aromatic carbocycles. The lowest BCUT2D eigenvalue weighted by atomic mass is 10.2. The van der Waals surface area contributed by atoms with E-state index in [0.29, 0.717) is 0 Å². The van der Waals surface area contributed by atoms with Crippen LogP contribution in [-0.2, 0) is 11.8 Å². The molecule has 13 heavy (non-hydrogen) atoms. The van der Waals surface area contributed by atoms with E-state index < -0.39 is 0 Å². The predicted octanol–water partition coefficient (Wildman–Crippen LogP) is 2.00. The summed E-state index contributed by atoms with van der Waals surface area (Å²) in [5.41, 5.74) is 2.20. The number of aromatic nitrogens is 2. The molecule has 1 aromatic rings. The average Bonchev–Trinajstić information content (AvgIpc) is 2.49. The molecule has 0 fully saturated rings. The third kappa shape index (κ3) is 1.37. The fourth-order valence-electron chi connectivity index (χ4n) is 1.31. The fraction of sp³-hybridized carbons (Fsp3) is 0.300. The van der Waals surface area contributed by atoms with Crippen LogP contribution < -0.4 is 0 Å². The summed E-state index contributed by atoms with van der Waals surface area (Å²) in [6.07, 6.45) is 8.53. The highest BCUT2D eigenvalue weighted by Gasteiger charge is 2.10. The van der Waals surface area contributed by atoms with Gasteiger partial charge in [0.1, 0.15) is 5.76 Å². The Morgan fingerprint density at radius 1 is 1.54 bits per heavy atom. The summed E-state index contributed by atoms with van der Waals surface area (Å²) in [6.45, 7) is 2.03. The molecule has 1 aliphatic heterocycles. The van der Waals surface area contributed by atoms with Crippen molar-refractivity contribution in [2.75, 3.05) is 0 Å². The first-order valence-electron chi connectivity index (χ1n) is 4.30. The molecular formula is C10H12N2O. The number of allylic oxidation sites excluding steroid dienone is 2. The first-order valence-corrected chi connectivity index (χ1v) is 4.30. The lowest BCUT2D eigenvalue weighted by Gasteiger charge is -2.08. The van der Waals surface area contributed by atoms with Crippen molar-refractivity contribution in [3.8, 4) is 0 Å². The minimum atomic E-state index is 0.910. The monoisotopic (exact) mass is 176 g/mol. The summed E-state index contributed by atoms with van der Waals surface area (Å²) in [6, 6.07) is 0. The molecule has 0 bridgehead atoms. The van der Waals surface area contributed by atoms with Gasteiger partial charge < -0.3 is 4.74 Å². The molecule has 68 valence electrons. The summed E-state index contributed by atoms with van der Waals surface area (Å²) in [7, 11) is 1.93. The van der Waals surface area contributed by atoms with Crippen molar-refractivity contribution in [1.82, 2.24) is 9.78 Å². The second-order valence-corrected chi connectivity index (χ2v) is 3.06. The lowest BCUT2D eigenvalue weighted by Crippen LogP contribution is -1.95. The third-order valence-electron chi connectivity index (χ3n) is 2.23. The van der Waals surface area contributed by atoms with Gasteiger partial charge in [-0.1, -0.05) is 0 Å². The molecule has 0 amide bonds. The van der Waals surface area contributed by atoms with Gasteiger partial charge in [0, 0.05) is 12.7 Å². The largest absolute Gasteiger partial charge is 0.465 e. The predicted molar refractivity (Wildman–Crippen MR) is 50.8 cm³/mol. The van der Waals surface area contributed by atoms with E-state index in [2.05, 4.69) is 11.2 Å². The van der Waals surface area contributed by atoms with Crippen LogP contribution >= 0.6 is 0 Å². The Hall–Kier alpha value is -1.51. The molecule has 0 atom stereocenters. The van der Waals surface area contributed by atoms with E-state index in [0.717, 1.165) is 23.4 Å². The summed E-state index contributed by atoms with van der Waals surface area (Å²) in [5, 5.41) is 4.16. The molecule has 0 saturated heterocycles. The summed E-state index contributed by atoms with van der Waals surface area (Å²) >= 11 is 0. The quantitative estimate of drug-likeness (QED) is 0.654. The molecule has 2 rings (SSSR count). The van der Waals surface area contributed by atoms with Crippen LogP contribution in [0.5, 0.6) is 0 Å². The maximum absolute atomic E-state index is 5.39. The molecule has 0 N–H and O–H groups in total. The van der Waals surface area contributed by atoms with Crippen molar-refractivity contribution in [1.29, 1.82) is 0 Å². The van der Waals surface area contributed by atoms with Crippen molar-refractivity contribution >= 4 is 5.76 Å². The van der Waals surface area contributed by atoms with Gasteiger partial charge in [0.15, 0.2) is 0 Å². The maximum Gasteiger partial charge on any atom is 0.133 e. The van der Waals surface area contributed by atoms with Crippen LogP contribution in [0, 0.1) is 6.92 Å². The maximum atomic E-state index is 5.39. The highest BCUT2D eigenvalue weighted by molar-refractivity contribution is 5.62. The second kappa shape index (κ2) is 3.09. The zero-order valence-electron chi connectivity index (χ0n) is 7.82. The summed E-state index contributed by atoms with van der Waals surface area (Å²) < 4.78 is 7.23. The molecule has 0 unspecified atom stereocenters. The molecule has 2 heterocycles. The normalized spacial score (nSPS) is 15.4. The standard InChI is InChI=1S/C10H12N2O/c1-8-9(7-11-12(8)2)10-5-3-4-6-13-10/h4-7H,3H2,1-2H3. The van der Waals surface area contributed by atoms with E-state index in [9.17, 15) is 0 Å². The van der Waals surface area contributed by atoms with Crippen LogP contribution in [0.4, 0.5) is 0 Å². The van der Waals surface area contributed by atoms with Crippen molar-refractivity contribution < 1.29 is 4.74 Å². The molecule has 0 saturated carbocycles. The number of hydrogen-bond acceptors (Lipinski definition) is 2. The number of ether oxygens (including phenoxy) is 1. The highest BCUT2D eigenvalue weighted by Crippen LogP contribution is 2.22.